The Bertz CT molecular complexity index is 588. The molecule has 1 aromatic carbocycles. The molecule has 21 heavy (non-hydrogen) atoms. The van der Waals surface area contributed by atoms with Crippen molar-refractivity contribution in [3.05, 3.63) is 50.1 Å². The molecule has 0 spiro atoms. The van der Waals surface area contributed by atoms with Crippen molar-refractivity contribution in [2.75, 3.05) is 11.9 Å². The summed E-state index contributed by atoms with van der Waals surface area (Å²) in [7, 11) is 0. The normalized spacial score (nSPS) is 10.4. The van der Waals surface area contributed by atoms with Gasteiger partial charge >= 0.3 is 0 Å². The van der Waals surface area contributed by atoms with Gasteiger partial charge in [-0.05, 0) is 53.5 Å². The molecule has 2 rings (SSSR count). The Labute approximate surface area is 137 Å². The van der Waals surface area contributed by atoms with Gasteiger partial charge in [-0.1, -0.05) is 12.1 Å². The zero-order valence-electron chi connectivity index (χ0n) is 12.2. The monoisotopic (exact) mass is 366 g/mol. The van der Waals surface area contributed by atoms with Gasteiger partial charge in [0.15, 0.2) is 0 Å². The molecule has 0 aliphatic rings. The summed E-state index contributed by atoms with van der Waals surface area (Å²) in [6, 6.07) is 10.2. The van der Waals surface area contributed by atoms with Gasteiger partial charge in [-0.2, -0.15) is 0 Å². The lowest BCUT2D eigenvalue weighted by Gasteiger charge is -2.06. The molecule has 0 aliphatic carbocycles. The molecule has 0 fully saturated rings. The summed E-state index contributed by atoms with van der Waals surface area (Å²) in [5, 5.41) is 6.20. The zero-order chi connectivity index (χ0) is 15.2. The van der Waals surface area contributed by atoms with E-state index in [1.807, 2.05) is 31.2 Å². The van der Waals surface area contributed by atoms with E-state index < -0.39 is 0 Å². The van der Waals surface area contributed by atoms with Gasteiger partial charge in [0, 0.05) is 33.0 Å². The maximum absolute atomic E-state index is 11.5. The van der Waals surface area contributed by atoms with Gasteiger partial charge in [0.1, 0.15) is 0 Å². The molecule has 1 aromatic heterocycles. The molecule has 0 radical (unpaired) electrons. The Kier molecular flexibility index (Phi) is 5.82. The first-order valence-corrected chi connectivity index (χ1v) is 8.53. The minimum Gasteiger partial charge on any atom is -0.380 e. The van der Waals surface area contributed by atoms with Crippen LogP contribution in [0.4, 0.5) is 5.69 Å². The molecule has 1 heterocycles. The minimum absolute atomic E-state index is 0.0668. The summed E-state index contributed by atoms with van der Waals surface area (Å²) in [6.45, 7) is 5.52. The summed E-state index contributed by atoms with van der Waals surface area (Å²) in [4.78, 5) is 14.1. The van der Waals surface area contributed by atoms with Crippen LogP contribution in [0.25, 0.3) is 0 Å². The van der Waals surface area contributed by atoms with Crippen molar-refractivity contribution in [1.82, 2.24) is 5.32 Å². The van der Waals surface area contributed by atoms with Crippen molar-refractivity contribution in [3.8, 4) is 0 Å². The van der Waals surface area contributed by atoms with Gasteiger partial charge in [-0.25, -0.2) is 0 Å². The van der Waals surface area contributed by atoms with Crippen LogP contribution in [0.1, 0.15) is 22.2 Å². The Morgan fingerprint density at radius 3 is 2.57 bits per heavy atom. The average molecular weight is 367 g/mol. The van der Waals surface area contributed by atoms with Crippen LogP contribution in [0.15, 0.2) is 34.8 Å². The fraction of sp³-hybridized carbons (Fsp3) is 0.312. The topological polar surface area (TPSA) is 41.1 Å². The van der Waals surface area contributed by atoms with Crippen LogP contribution < -0.4 is 10.6 Å². The fourth-order valence-corrected chi connectivity index (χ4v) is 3.52. The second kappa shape index (κ2) is 7.61. The number of likely N-dealkylation sites (N-methyl/N-ethyl adjacent to an activating group) is 1. The number of rotatable bonds is 6. The summed E-state index contributed by atoms with van der Waals surface area (Å²) < 4.78 is 1.17. The molecule has 2 N–H and O–H groups in total. The molecule has 0 unspecified atom stereocenters. The summed E-state index contributed by atoms with van der Waals surface area (Å²) >= 11 is 5.32. The number of amides is 1. The smallest absolute Gasteiger partial charge is 0.224 e. The number of carbonyl (C=O) groups excluding carboxylic acids is 1. The number of aryl methyl sites for hydroxylation is 1. The maximum atomic E-state index is 11.5. The molecule has 112 valence electrons. The van der Waals surface area contributed by atoms with E-state index in [9.17, 15) is 4.79 Å². The Balaban J connectivity index is 1.88. The van der Waals surface area contributed by atoms with Crippen molar-refractivity contribution in [2.24, 2.45) is 0 Å². The van der Waals surface area contributed by atoms with Crippen LogP contribution in [0, 0.1) is 6.92 Å². The molecule has 5 heteroatoms. The van der Waals surface area contributed by atoms with Crippen molar-refractivity contribution in [2.45, 2.75) is 26.8 Å². The molecule has 2 aromatic rings. The van der Waals surface area contributed by atoms with Crippen LogP contribution in [-0.4, -0.2) is 12.5 Å². The van der Waals surface area contributed by atoms with Crippen LogP contribution in [0.5, 0.6) is 0 Å². The van der Waals surface area contributed by atoms with E-state index >= 15 is 0 Å². The van der Waals surface area contributed by atoms with Crippen molar-refractivity contribution in [3.63, 3.8) is 0 Å². The number of halogens is 1. The van der Waals surface area contributed by atoms with E-state index in [0.29, 0.717) is 13.0 Å². The highest BCUT2D eigenvalue weighted by atomic mass is 79.9. The average Bonchev–Trinajstić information content (AvgIpc) is 2.77. The first-order chi connectivity index (χ1) is 10.1. The first-order valence-electron chi connectivity index (χ1n) is 6.92. The fourth-order valence-electron chi connectivity index (χ4n) is 1.98. The van der Waals surface area contributed by atoms with Crippen LogP contribution >= 0.6 is 27.3 Å². The highest BCUT2D eigenvalue weighted by Crippen LogP contribution is 2.26. The number of benzene rings is 1. The van der Waals surface area contributed by atoms with Crippen LogP contribution in [-0.2, 0) is 17.8 Å². The lowest BCUT2D eigenvalue weighted by Crippen LogP contribution is -2.24. The number of thiophene rings is 1. The van der Waals surface area contributed by atoms with Gasteiger partial charge in [0.05, 0.1) is 6.42 Å². The molecule has 0 atom stereocenters. The predicted octanol–water partition coefficient (Wildman–Crippen LogP) is 4.11. The highest BCUT2D eigenvalue weighted by Gasteiger charge is 2.04. The number of hydrogen-bond donors (Lipinski definition) is 2. The third-order valence-corrected chi connectivity index (χ3v) is 5.20. The molecule has 0 saturated heterocycles. The molecular formula is C16H19BrN2OS. The lowest BCUT2D eigenvalue weighted by atomic mass is 10.1. The summed E-state index contributed by atoms with van der Waals surface area (Å²) in [5.74, 6) is 0.0668. The number of carbonyl (C=O) groups is 1. The van der Waals surface area contributed by atoms with Gasteiger partial charge in [-0.3, -0.25) is 4.79 Å². The molecule has 3 nitrogen and oxygen atoms in total. The van der Waals surface area contributed by atoms with Crippen LogP contribution in [0.2, 0.25) is 0 Å². The second-order valence-electron chi connectivity index (χ2n) is 4.80. The van der Waals surface area contributed by atoms with Crippen LogP contribution in [0.3, 0.4) is 0 Å². The van der Waals surface area contributed by atoms with Gasteiger partial charge in [0.2, 0.25) is 5.91 Å². The van der Waals surface area contributed by atoms with E-state index in [1.54, 1.807) is 11.3 Å². The quantitative estimate of drug-likeness (QED) is 0.807. The number of hydrogen-bond acceptors (Lipinski definition) is 3. The highest BCUT2D eigenvalue weighted by molar-refractivity contribution is 9.10. The van der Waals surface area contributed by atoms with E-state index in [4.69, 9.17) is 0 Å². The van der Waals surface area contributed by atoms with Crippen molar-refractivity contribution < 1.29 is 4.79 Å². The molecule has 1 amide bonds. The van der Waals surface area contributed by atoms with Gasteiger partial charge in [0.25, 0.3) is 0 Å². The summed E-state index contributed by atoms with van der Waals surface area (Å²) in [5.41, 5.74) is 2.10. The molecular weight excluding hydrogens is 348 g/mol. The molecule has 0 aliphatic heterocycles. The maximum Gasteiger partial charge on any atom is 0.224 e. The van der Waals surface area contributed by atoms with Gasteiger partial charge in [-0.15, -0.1) is 11.3 Å². The van der Waals surface area contributed by atoms with E-state index in [2.05, 4.69) is 39.6 Å². The third kappa shape index (κ3) is 4.86. The van der Waals surface area contributed by atoms with Gasteiger partial charge < -0.3 is 10.6 Å². The summed E-state index contributed by atoms with van der Waals surface area (Å²) in [6.07, 6.45) is 0.436. The number of nitrogens with one attached hydrogen (secondary N) is 2. The number of anilines is 1. The molecule has 0 saturated carbocycles. The second-order valence-corrected chi connectivity index (χ2v) is 6.99. The largest absolute Gasteiger partial charge is 0.380 e. The Morgan fingerprint density at radius 2 is 2.00 bits per heavy atom. The predicted molar refractivity (Wildman–Crippen MR) is 92.9 cm³/mol. The first kappa shape index (κ1) is 16.0. The van der Waals surface area contributed by atoms with E-state index in [-0.39, 0.29) is 5.91 Å². The lowest BCUT2D eigenvalue weighted by molar-refractivity contribution is -0.120. The third-order valence-electron chi connectivity index (χ3n) is 3.07. The zero-order valence-corrected chi connectivity index (χ0v) is 14.6. The van der Waals surface area contributed by atoms with E-state index in [0.717, 1.165) is 17.8 Å². The van der Waals surface area contributed by atoms with Crippen molar-refractivity contribution in [1.29, 1.82) is 0 Å². The van der Waals surface area contributed by atoms with Crippen molar-refractivity contribution >= 4 is 38.9 Å². The minimum atomic E-state index is 0.0668. The Hall–Kier alpha value is -1.33. The Morgan fingerprint density at radius 1 is 1.29 bits per heavy atom. The van der Waals surface area contributed by atoms with E-state index in [1.165, 1.54) is 14.2 Å². The molecule has 0 bridgehead atoms. The standard InChI is InChI=1S/C16H19BrN2OS/c1-3-18-16(20)8-12-4-6-13(7-5-12)19-10-14-9-15(17)11(2)21-14/h4-7,9,19H,3,8,10H2,1-2H3,(H,18,20). The SMILES string of the molecule is CCNC(=O)Cc1ccc(NCc2cc(Br)c(C)s2)cc1.